The van der Waals surface area contributed by atoms with Crippen LogP contribution in [0, 0.1) is 0 Å². The zero-order valence-electron chi connectivity index (χ0n) is 10.8. The predicted octanol–water partition coefficient (Wildman–Crippen LogP) is 2.55. The van der Waals surface area contributed by atoms with E-state index in [0.717, 1.165) is 6.07 Å². The Morgan fingerprint density at radius 1 is 1.30 bits per heavy atom. The maximum absolute atomic E-state index is 12.6. The van der Waals surface area contributed by atoms with E-state index < -0.39 is 20.2 Å². The van der Waals surface area contributed by atoms with Crippen LogP contribution in [0.5, 0.6) is 0 Å². The molecule has 0 amide bonds. The smallest absolute Gasteiger partial charge is 0.396 e. The van der Waals surface area contributed by atoms with E-state index >= 15 is 0 Å². The van der Waals surface area contributed by atoms with E-state index in [4.69, 9.17) is 5.11 Å². The fraction of sp³-hybridized carbons (Fsp3) is 0.500. The summed E-state index contributed by atoms with van der Waals surface area (Å²) in [6.07, 6.45) is 0.859. The third kappa shape index (κ3) is 3.63. The van der Waals surface area contributed by atoms with Crippen LogP contribution in [0.3, 0.4) is 0 Å². The van der Waals surface area contributed by atoms with Gasteiger partial charge in [0.05, 0.1) is 10.6 Å². The van der Waals surface area contributed by atoms with Crippen LogP contribution in [0.4, 0.5) is 18.9 Å². The highest BCUT2D eigenvalue weighted by atomic mass is 32.2. The zero-order chi connectivity index (χ0) is 15.4. The second-order valence-corrected chi connectivity index (χ2v) is 6.12. The average molecular weight is 311 g/mol. The Morgan fingerprint density at radius 3 is 2.40 bits per heavy atom. The second-order valence-electron chi connectivity index (χ2n) is 4.21. The number of hydrogen-bond donors (Lipinski definition) is 2. The Morgan fingerprint density at radius 2 is 1.90 bits per heavy atom. The first kappa shape index (κ1) is 16.8. The van der Waals surface area contributed by atoms with Gasteiger partial charge in [0, 0.05) is 12.6 Å². The Balaban J connectivity index is 3.18. The minimum absolute atomic E-state index is 0.106. The molecule has 0 spiro atoms. The Bertz CT molecular complexity index is 543. The van der Waals surface area contributed by atoms with Crippen molar-refractivity contribution in [2.45, 2.75) is 36.2 Å². The lowest BCUT2D eigenvalue weighted by molar-refractivity contribution is -0.0435. The Kier molecular flexibility index (Phi) is 5.41. The van der Waals surface area contributed by atoms with Gasteiger partial charge in [0.2, 0.25) is 0 Å². The molecule has 1 rings (SSSR count). The molecule has 0 aromatic heterocycles. The number of aliphatic hydroxyl groups excluding tert-OH is 1. The van der Waals surface area contributed by atoms with Crippen molar-refractivity contribution in [3.63, 3.8) is 0 Å². The lowest BCUT2D eigenvalue weighted by Crippen LogP contribution is -2.26. The van der Waals surface area contributed by atoms with Gasteiger partial charge in [-0.25, -0.2) is 8.42 Å². The number of aliphatic hydroxyl groups is 1. The number of anilines is 1. The van der Waals surface area contributed by atoms with Crippen molar-refractivity contribution in [2.24, 2.45) is 0 Å². The number of alkyl halides is 3. The molecule has 0 saturated carbocycles. The molecule has 0 fully saturated rings. The van der Waals surface area contributed by atoms with Crippen LogP contribution in [-0.4, -0.2) is 31.7 Å². The van der Waals surface area contributed by atoms with Gasteiger partial charge in [0.1, 0.15) is 0 Å². The monoisotopic (exact) mass is 311 g/mol. The highest BCUT2D eigenvalue weighted by molar-refractivity contribution is 7.92. The molecule has 0 aliphatic carbocycles. The van der Waals surface area contributed by atoms with Gasteiger partial charge in [-0.2, -0.15) is 13.2 Å². The molecule has 0 aliphatic rings. The minimum Gasteiger partial charge on any atom is -0.396 e. The van der Waals surface area contributed by atoms with Gasteiger partial charge in [0.25, 0.3) is 9.84 Å². The molecule has 0 saturated heterocycles. The summed E-state index contributed by atoms with van der Waals surface area (Å²) >= 11 is 0. The van der Waals surface area contributed by atoms with Gasteiger partial charge >= 0.3 is 5.51 Å². The van der Waals surface area contributed by atoms with E-state index in [-0.39, 0.29) is 18.3 Å². The van der Waals surface area contributed by atoms with E-state index in [1.165, 1.54) is 18.2 Å². The van der Waals surface area contributed by atoms with Crippen molar-refractivity contribution in [1.82, 2.24) is 0 Å². The topological polar surface area (TPSA) is 66.4 Å². The van der Waals surface area contributed by atoms with Crippen molar-refractivity contribution in [3.05, 3.63) is 24.3 Å². The number of para-hydroxylation sites is 1. The largest absolute Gasteiger partial charge is 0.501 e. The first-order chi connectivity index (χ1) is 9.24. The molecule has 0 aliphatic heterocycles. The van der Waals surface area contributed by atoms with Crippen LogP contribution >= 0.6 is 0 Å². The first-order valence-corrected chi connectivity index (χ1v) is 7.50. The quantitative estimate of drug-likeness (QED) is 0.847. The van der Waals surface area contributed by atoms with Crippen molar-refractivity contribution in [1.29, 1.82) is 0 Å². The third-order valence-corrected chi connectivity index (χ3v) is 4.36. The Labute approximate surface area is 115 Å². The maximum atomic E-state index is 12.6. The number of rotatable bonds is 6. The standard InChI is InChI=1S/C12H16F3NO3S/c1-2-9(7-8-17)16-10-5-3-4-6-11(10)20(18,19)12(13,14)15/h3-6,9,16-17H,2,7-8H2,1H3. The van der Waals surface area contributed by atoms with Crippen molar-refractivity contribution >= 4 is 15.5 Å². The van der Waals surface area contributed by atoms with Crippen LogP contribution < -0.4 is 5.32 Å². The van der Waals surface area contributed by atoms with E-state index in [1.54, 1.807) is 6.92 Å². The summed E-state index contributed by atoms with van der Waals surface area (Å²) in [6, 6.07) is 4.57. The highest BCUT2D eigenvalue weighted by Gasteiger charge is 2.47. The number of hydrogen-bond acceptors (Lipinski definition) is 4. The van der Waals surface area contributed by atoms with Crippen molar-refractivity contribution in [2.75, 3.05) is 11.9 Å². The zero-order valence-corrected chi connectivity index (χ0v) is 11.6. The van der Waals surface area contributed by atoms with Crippen LogP contribution in [0.25, 0.3) is 0 Å². The molecule has 2 N–H and O–H groups in total. The lowest BCUT2D eigenvalue weighted by atomic mass is 10.1. The third-order valence-electron chi connectivity index (χ3n) is 2.81. The van der Waals surface area contributed by atoms with Crippen LogP contribution in [-0.2, 0) is 9.84 Å². The summed E-state index contributed by atoms with van der Waals surface area (Å²) < 4.78 is 60.8. The summed E-state index contributed by atoms with van der Waals surface area (Å²) in [5.41, 5.74) is -5.45. The molecule has 4 nitrogen and oxygen atoms in total. The number of benzene rings is 1. The summed E-state index contributed by atoms with van der Waals surface area (Å²) in [4.78, 5) is -0.802. The highest BCUT2D eigenvalue weighted by Crippen LogP contribution is 2.34. The summed E-state index contributed by atoms with van der Waals surface area (Å²) in [5.74, 6) is 0. The summed E-state index contributed by atoms with van der Waals surface area (Å²) in [7, 11) is -5.40. The number of halogens is 3. The molecule has 0 radical (unpaired) electrons. The average Bonchev–Trinajstić information content (AvgIpc) is 2.37. The van der Waals surface area contributed by atoms with Gasteiger partial charge in [-0.3, -0.25) is 0 Å². The van der Waals surface area contributed by atoms with E-state index in [2.05, 4.69) is 5.32 Å². The fourth-order valence-corrected chi connectivity index (χ4v) is 2.62. The molecular weight excluding hydrogens is 295 g/mol. The fourth-order valence-electron chi connectivity index (χ4n) is 1.70. The minimum atomic E-state index is -5.40. The summed E-state index contributed by atoms with van der Waals surface area (Å²) in [5, 5.41) is 11.6. The van der Waals surface area contributed by atoms with E-state index in [1.807, 2.05) is 0 Å². The van der Waals surface area contributed by atoms with Gasteiger partial charge < -0.3 is 10.4 Å². The normalized spacial score (nSPS) is 14.1. The molecule has 1 atom stereocenters. The molecule has 0 heterocycles. The number of sulfone groups is 1. The van der Waals surface area contributed by atoms with Gasteiger partial charge in [-0.1, -0.05) is 19.1 Å². The van der Waals surface area contributed by atoms with Crippen LogP contribution in [0.2, 0.25) is 0 Å². The van der Waals surface area contributed by atoms with Gasteiger partial charge in [0.15, 0.2) is 0 Å². The van der Waals surface area contributed by atoms with E-state index in [9.17, 15) is 21.6 Å². The molecule has 114 valence electrons. The van der Waals surface area contributed by atoms with Crippen LogP contribution in [0.1, 0.15) is 19.8 Å². The maximum Gasteiger partial charge on any atom is 0.501 e. The lowest BCUT2D eigenvalue weighted by Gasteiger charge is -2.20. The molecule has 1 aromatic carbocycles. The first-order valence-electron chi connectivity index (χ1n) is 6.01. The molecule has 20 heavy (non-hydrogen) atoms. The molecular formula is C12H16F3NO3S. The number of nitrogens with one attached hydrogen (secondary N) is 1. The molecule has 1 unspecified atom stereocenters. The second kappa shape index (κ2) is 6.45. The van der Waals surface area contributed by atoms with E-state index in [0.29, 0.717) is 12.8 Å². The molecule has 0 bridgehead atoms. The predicted molar refractivity (Wildman–Crippen MR) is 69.1 cm³/mol. The van der Waals surface area contributed by atoms with Crippen molar-refractivity contribution in [3.8, 4) is 0 Å². The molecule has 1 aromatic rings. The molecule has 8 heteroatoms. The Hall–Kier alpha value is -1.28. The van der Waals surface area contributed by atoms with Gasteiger partial charge in [-0.05, 0) is 25.0 Å². The van der Waals surface area contributed by atoms with Gasteiger partial charge in [-0.15, -0.1) is 0 Å². The van der Waals surface area contributed by atoms with Crippen molar-refractivity contribution < 1.29 is 26.7 Å². The SMILES string of the molecule is CCC(CCO)Nc1ccccc1S(=O)(=O)C(F)(F)F. The van der Waals surface area contributed by atoms with Crippen LogP contribution in [0.15, 0.2) is 29.2 Å². The summed E-state index contributed by atoms with van der Waals surface area (Å²) in [6.45, 7) is 1.65.